The molecular weight excluding hydrogens is 462 g/mol. The van der Waals surface area contributed by atoms with Gasteiger partial charge in [0.15, 0.2) is 0 Å². The maximum atomic E-state index is 9.69. The van der Waals surface area contributed by atoms with Crippen molar-refractivity contribution in [1.82, 2.24) is 4.90 Å². The molecule has 5 saturated carbocycles. The lowest BCUT2D eigenvalue weighted by Gasteiger charge is -2.72. The lowest BCUT2D eigenvalue weighted by molar-refractivity contribution is -0.242. The molecule has 13 atom stereocenters. The van der Waals surface area contributed by atoms with Crippen molar-refractivity contribution in [3.63, 3.8) is 0 Å². The summed E-state index contributed by atoms with van der Waals surface area (Å²) >= 11 is 0. The highest BCUT2D eigenvalue weighted by atomic mass is 16.2. The third kappa shape index (κ3) is 2.22. The number of aliphatic hydroxyl groups excluding tert-OH is 1. The van der Waals surface area contributed by atoms with Crippen LogP contribution in [-0.2, 0) is 0 Å². The van der Waals surface area contributed by atoms with Crippen LogP contribution in [-0.4, -0.2) is 34.2 Å². The molecule has 38 heavy (non-hydrogen) atoms. The predicted molar refractivity (Wildman–Crippen MR) is 152 cm³/mol. The fourth-order valence-corrected chi connectivity index (χ4v) is 15.7. The van der Waals surface area contributed by atoms with E-state index in [1.807, 2.05) is 5.57 Å². The van der Waals surface area contributed by atoms with E-state index in [4.69, 9.17) is 0 Å². The summed E-state index contributed by atoms with van der Waals surface area (Å²) < 4.78 is 0. The Morgan fingerprint density at radius 3 is 2.79 bits per heavy atom. The first-order valence-electron chi connectivity index (χ1n) is 17.0. The van der Waals surface area contributed by atoms with Crippen LogP contribution in [0, 0.1) is 63.1 Å². The molecule has 206 valence electrons. The maximum Gasteiger partial charge on any atom is 0.0431 e. The zero-order valence-electron chi connectivity index (χ0n) is 24.5. The molecule has 4 spiro atoms. The summed E-state index contributed by atoms with van der Waals surface area (Å²) in [6.07, 6.45) is 22.1. The maximum absolute atomic E-state index is 9.69. The molecule has 6 aliphatic carbocycles. The van der Waals surface area contributed by atoms with E-state index in [1.54, 1.807) is 5.57 Å². The highest BCUT2D eigenvalue weighted by molar-refractivity contribution is 5.48. The molecule has 1 N–H and O–H groups in total. The average molecular weight is 514 g/mol. The molecule has 0 aromatic heterocycles. The standard InChI is InChI=1S/C36H51NO/c1-23-13-17-34-24(2)21-33-16-6-10-27(33)26-11-12-30-35-18-14-25(8-7-19-38)28(35)9-4-5-15-32(34,3)36(33,22-29(23)34)31(20-26)37(30)35/h24-28,30-31,38H,6-22H2,1-3H3/t24-,25-,26+,27-,28-,30+,31-,32+,33+,34-,35+,36-,37?/m1/s1. The molecule has 4 bridgehead atoms. The van der Waals surface area contributed by atoms with Gasteiger partial charge < -0.3 is 5.11 Å². The smallest absolute Gasteiger partial charge is 0.0431 e. The van der Waals surface area contributed by atoms with Gasteiger partial charge in [-0.25, -0.2) is 0 Å². The fourth-order valence-electron chi connectivity index (χ4n) is 15.7. The molecule has 0 aromatic rings. The van der Waals surface area contributed by atoms with Crippen LogP contribution in [0.25, 0.3) is 0 Å². The Bertz CT molecular complexity index is 1180. The lowest BCUT2D eigenvalue weighted by Crippen LogP contribution is -2.70. The highest BCUT2D eigenvalue weighted by Gasteiger charge is 2.86. The number of nitrogens with zero attached hydrogens (tertiary/aromatic N) is 1. The molecule has 3 aliphatic heterocycles. The first-order chi connectivity index (χ1) is 18.4. The quantitative estimate of drug-likeness (QED) is 0.240. The monoisotopic (exact) mass is 513 g/mol. The number of allylic oxidation sites excluding steroid dienone is 2. The molecule has 7 fully saturated rings. The van der Waals surface area contributed by atoms with E-state index >= 15 is 0 Å². The second-order valence-electron chi connectivity index (χ2n) is 16.5. The average Bonchev–Trinajstić information content (AvgIpc) is 3.16. The third-order valence-corrected chi connectivity index (χ3v) is 16.5. The summed E-state index contributed by atoms with van der Waals surface area (Å²) in [7, 11) is 0. The molecular formula is C36H51NO. The molecule has 9 rings (SSSR count). The van der Waals surface area contributed by atoms with Crippen molar-refractivity contribution in [2.75, 3.05) is 6.61 Å². The van der Waals surface area contributed by atoms with Crippen molar-refractivity contribution >= 4 is 0 Å². The molecule has 0 radical (unpaired) electrons. The van der Waals surface area contributed by atoms with Crippen molar-refractivity contribution in [1.29, 1.82) is 0 Å². The first kappa shape index (κ1) is 23.9. The van der Waals surface area contributed by atoms with Gasteiger partial charge >= 0.3 is 0 Å². The Morgan fingerprint density at radius 1 is 1.03 bits per heavy atom. The van der Waals surface area contributed by atoms with Crippen molar-refractivity contribution < 1.29 is 5.11 Å². The van der Waals surface area contributed by atoms with E-state index in [9.17, 15) is 5.11 Å². The van der Waals surface area contributed by atoms with E-state index < -0.39 is 0 Å². The van der Waals surface area contributed by atoms with Crippen molar-refractivity contribution in [3.8, 4) is 11.8 Å². The van der Waals surface area contributed by atoms with Gasteiger partial charge in [-0.15, -0.1) is 11.8 Å². The van der Waals surface area contributed by atoms with E-state index in [0.29, 0.717) is 33.8 Å². The van der Waals surface area contributed by atoms with Gasteiger partial charge in [0.2, 0.25) is 0 Å². The molecule has 2 heteroatoms. The van der Waals surface area contributed by atoms with E-state index in [1.165, 1.54) is 83.5 Å². The van der Waals surface area contributed by atoms with Gasteiger partial charge in [-0.1, -0.05) is 31.4 Å². The summed E-state index contributed by atoms with van der Waals surface area (Å²) in [5.74, 6) is 12.3. The minimum absolute atomic E-state index is 0.330. The van der Waals surface area contributed by atoms with Crippen molar-refractivity contribution in [2.45, 2.75) is 141 Å². The van der Waals surface area contributed by atoms with Crippen LogP contribution < -0.4 is 0 Å². The Kier molecular flexibility index (Phi) is 4.61. The molecule has 2 saturated heterocycles. The van der Waals surface area contributed by atoms with Gasteiger partial charge in [0, 0.05) is 47.9 Å². The predicted octanol–water partition coefficient (Wildman–Crippen LogP) is 7.51. The summed E-state index contributed by atoms with van der Waals surface area (Å²) in [6, 6.07) is 1.63. The SMILES string of the molecule is CC1=C2C[C@@]34[C@H]5C[C@@H]6CC[C@@H]7N5[C@]75CC[C@@H](CCCO)[C@H]5CC#CC[C@@]3(C)[C@]2(CC1)[C@H](C)C[C@]41CCC[C@H]61. The minimum Gasteiger partial charge on any atom is -0.396 e. The summed E-state index contributed by atoms with van der Waals surface area (Å²) in [5, 5.41) is 9.69. The number of rotatable bonds is 3. The van der Waals surface area contributed by atoms with Crippen LogP contribution in [0.1, 0.15) is 124 Å². The second kappa shape index (κ2) is 7.34. The second-order valence-corrected chi connectivity index (χ2v) is 16.5. The first-order valence-corrected chi connectivity index (χ1v) is 17.0. The highest BCUT2D eigenvalue weighted by Crippen LogP contribution is 2.89. The lowest BCUT2D eigenvalue weighted by atomic mass is 9.32. The number of hydrogen-bond acceptors (Lipinski definition) is 2. The summed E-state index contributed by atoms with van der Waals surface area (Å²) in [4.78, 5) is 3.30. The Labute approximate surface area is 231 Å². The van der Waals surface area contributed by atoms with Crippen LogP contribution in [0.5, 0.6) is 0 Å². The van der Waals surface area contributed by atoms with Gasteiger partial charge in [0.05, 0.1) is 0 Å². The summed E-state index contributed by atoms with van der Waals surface area (Å²) in [5.41, 5.74) is 5.95. The van der Waals surface area contributed by atoms with Crippen LogP contribution >= 0.6 is 0 Å². The van der Waals surface area contributed by atoms with Crippen LogP contribution in [0.2, 0.25) is 0 Å². The van der Waals surface area contributed by atoms with Gasteiger partial charge in [-0.3, -0.25) is 4.90 Å². The molecule has 3 heterocycles. The Balaban J connectivity index is 1.29. The molecule has 1 unspecified atom stereocenters. The zero-order valence-corrected chi connectivity index (χ0v) is 24.5. The Hall–Kier alpha value is -0.780. The summed E-state index contributed by atoms with van der Waals surface area (Å²) in [6.45, 7) is 8.46. The number of aliphatic hydroxyl groups is 1. The largest absolute Gasteiger partial charge is 0.396 e. The zero-order chi connectivity index (χ0) is 25.7. The normalized spacial score (nSPS) is 60.4. The Morgan fingerprint density at radius 2 is 1.92 bits per heavy atom. The third-order valence-electron chi connectivity index (χ3n) is 16.5. The fraction of sp³-hybridized carbons (Fsp3) is 0.889. The molecule has 0 aromatic carbocycles. The molecule has 0 amide bonds. The van der Waals surface area contributed by atoms with Crippen LogP contribution in [0.3, 0.4) is 0 Å². The van der Waals surface area contributed by atoms with Crippen molar-refractivity contribution in [2.24, 2.45) is 51.2 Å². The van der Waals surface area contributed by atoms with E-state index in [2.05, 4.69) is 37.5 Å². The van der Waals surface area contributed by atoms with Gasteiger partial charge in [0.25, 0.3) is 0 Å². The van der Waals surface area contributed by atoms with E-state index in [-0.39, 0.29) is 0 Å². The number of hydrogen-bond donors (Lipinski definition) is 1. The van der Waals surface area contributed by atoms with Gasteiger partial charge in [0.1, 0.15) is 0 Å². The molecule has 2 nitrogen and oxygen atoms in total. The van der Waals surface area contributed by atoms with Gasteiger partial charge in [-0.05, 0) is 131 Å². The minimum atomic E-state index is 0.330. The molecule has 9 aliphatic rings. The van der Waals surface area contributed by atoms with Gasteiger partial charge in [-0.2, -0.15) is 0 Å². The van der Waals surface area contributed by atoms with Crippen molar-refractivity contribution in [3.05, 3.63) is 11.1 Å². The van der Waals surface area contributed by atoms with Crippen LogP contribution in [0.4, 0.5) is 0 Å². The van der Waals surface area contributed by atoms with Crippen LogP contribution in [0.15, 0.2) is 11.1 Å². The topological polar surface area (TPSA) is 23.2 Å². The number of fused-ring (bicyclic) bond motifs is 2. The van der Waals surface area contributed by atoms with E-state index in [0.717, 1.165) is 60.9 Å².